The smallest absolute Gasteiger partial charge is 0.121 e. The number of nitrogens with one attached hydrogen (secondary N) is 1. The van der Waals surface area contributed by atoms with E-state index < -0.39 is 0 Å². The van der Waals surface area contributed by atoms with Crippen molar-refractivity contribution in [3.05, 3.63) is 16.6 Å². The summed E-state index contributed by atoms with van der Waals surface area (Å²) in [6.45, 7) is 4.19. The molecule has 1 aliphatic rings. The topological polar surface area (TPSA) is 34.1 Å². The molecule has 0 radical (unpaired) electrons. The fraction of sp³-hybridized carbons (Fsp3) is 0.700. The standard InChI is InChI=1S/C10H16N2OS/c1-8(10-12-5-6-14-10)13-9-3-2-4-11-7-9/h5-6,8-9,11H,2-4,7H2,1H3/t8-,9-/m0/s1. The highest BCUT2D eigenvalue weighted by Crippen LogP contribution is 2.22. The van der Waals surface area contributed by atoms with Gasteiger partial charge in [0.1, 0.15) is 11.1 Å². The quantitative estimate of drug-likeness (QED) is 0.832. The minimum absolute atomic E-state index is 0.139. The van der Waals surface area contributed by atoms with Crippen LogP contribution in [-0.2, 0) is 4.74 Å². The van der Waals surface area contributed by atoms with Gasteiger partial charge in [-0.2, -0.15) is 0 Å². The van der Waals surface area contributed by atoms with Gasteiger partial charge in [-0.05, 0) is 26.3 Å². The second-order valence-electron chi connectivity index (χ2n) is 3.62. The molecule has 14 heavy (non-hydrogen) atoms. The number of nitrogens with zero attached hydrogens (tertiary/aromatic N) is 1. The Morgan fingerprint density at radius 2 is 2.64 bits per heavy atom. The van der Waals surface area contributed by atoms with Crippen molar-refractivity contribution in [2.45, 2.75) is 32.0 Å². The number of hydrogen-bond donors (Lipinski definition) is 1. The molecule has 1 N–H and O–H groups in total. The Labute approximate surface area is 88.5 Å². The van der Waals surface area contributed by atoms with Crippen LogP contribution in [0.1, 0.15) is 30.9 Å². The molecule has 1 aromatic rings. The molecule has 1 aromatic heterocycles. The fourth-order valence-corrected chi connectivity index (χ4v) is 2.35. The monoisotopic (exact) mass is 212 g/mol. The third-order valence-electron chi connectivity index (χ3n) is 2.45. The van der Waals surface area contributed by atoms with E-state index in [9.17, 15) is 0 Å². The number of hydrogen-bond acceptors (Lipinski definition) is 4. The van der Waals surface area contributed by atoms with Crippen LogP contribution in [0.5, 0.6) is 0 Å². The maximum absolute atomic E-state index is 5.92. The van der Waals surface area contributed by atoms with Gasteiger partial charge in [0, 0.05) is 18.1 Å². The molecule has 0 saturated carbocycles. The van der Waals surface area contributed by atoms with E-state index in [-0.39, 0.29) is 6.10 Å². The molecule has 0 bridgehead atoms. The fourth-order valence-electron chi connectivity index (χ4n) is 1.72. The molecule has 78 valence electrons. The normalized spacial score (nSPS) is 24.8. The van der Waals surface area contributed by atoms with Crippen LogP contribution in [0.3, 0.4) is 0 Å². The average Bonchev–Trinajstić information content (AvgIpc) is 2.72. The van der Waals surface area contributed by atoms with E-state index in [1.54, 1.807) is 11.3 Å². The van der Waals surface area contributed by atoms with Gasteiger partial charge in [-0.1, -0.05) is 0 Å². The summed E-state index contributed by atoms with van der Waals surface area (Å²) in [7, 11) is 0. The summed E-state index contributed by atoms with van der Waals surface area (Å²) in [5.41, 5.74) is 0. The zero-order chi connectivity index (χ0) is 9.80. The minimum atomic E-state index is 0.139. The highest BCUT2D eigenvalue weighted by molar-refractivity contribution is 7.09. The van der Waals surface area contributed by atoms with E-state index in [1.165, 1.54) is 12.8 Å². The molecule has 0 aromatic carbocycles. The summed E-state index contributed by atoms with van der Waals surface area (Å²) in [4.78, 5) is 4.25. The molecular weight excluding hydrogens is 196 g/mol. The largest absolute Gasteiger partial charge is 0.367 e. The third-order valence-corrected chi connectivity index (χ3v) is 3.38. The lowest BCUT2D eigenvalue weighted by molar-refractivity contribution is -0.0150. The van der Waals surface area contributed by atoms with Gasteiger partial charge in [-0.15, -0.1) is 11.3 Å². The van der Waals surface area contributed by atoms with E-state index >= 15 is 0 Å². The molecule has 2 rings (SSSR count). The van der Waals surface area contributed by atoms with Crippen molar-refractivity contribution in [3.8, 4) is 0 Å². The molecule has 1 aliphatic heterocycles. The molecule has 1 fully saturated rings. The Balaban J connectivity index is 1.84. The van der Waals surface area contributed by atoms with E-state index in [2.05, 4.69) is 17.2 Å². The SMILES string of the molecule is C[C@H](O[C@H]1CCCNC1)c1nccs1. The predicted molar refractivity (Wildman–Crippen MR) is 57.5 cm³/mol. The van der Waals surface area contributed by atoms with Crippen LogP contribution >= 0.6 is 11.3 Å². The lowest BCUT2D eigenvalue weighted by atomic mass is 10.1. The van der Waals surface area contributed by atoms with Crippen molar-refractivity contribution < 1.29 is 4.74 Å². The van der Waals surface area contributed by atoms with Crippen LogP contribution in [0.15, 0.2) is 11.6 Å². The molecule has 2 atom stereocenters. The van der Waals surface area contributed by atoms with Crippen molar-refractivity contribution in [2.24, 2.45) is 0 Å². The number of thiazole rings is 1. The Morgan fingerprint density at radius 1 is 1.71 bits per heavy atom. The average molecular weight is 212 g/mol. The van der Waals surface area contributed by atoms with Crippen LogP contribution in [0.2, 0.25) is 0 Å². The molecule has 0 unspecified atom stereocenters. The van der Waals surface area contributed by atoms with Gasteiger partial charge in [0.05, 0.1) is 6.10 Å². The van der Waals surface area contributed by atoms with Crippen molar-refractivity contribution in [3.63, 3.8) is 0 Å². The molecule has 2 heterocycles. The first kappa shape index (κ1) is 10.1. The first-order chi connectivity index (χ1) is 6.86. The maximum Gasteiger partial charge on any atom is 0.121 e. The molecule has 1 saturated heterocycles. The molecule has 3 nitrogen and oxygen atoms in total. The van der Waals surface area contributed by atoms with Crippen LogP contribution in [0, 0.1) is 0 Å². The summed E-state index contributed by atoms with van der Waals surface area (Å²) < 4.78 is 5.92. The predicted octanol–water partition coefficient (Wildman–Crippen LogP) is 1.97. The summed E-state index contributed by atoms with van der Waals surface area (Å²) in [6.07, 6.45) is 4.72. The number of ether oxygens (including phenoxy) is 1. The summed E-state index contributed by atoms with van der Waals surface area (Å²) in [6, 6.07) is 0. The van der Waals surface area contributed by atoms with Crippen LogP contribution in [-0.4, -0.2) is 24.2 Å². The highest BCUT2D eigenvalue weighted by Gasteiger charge is 2.18. The van der Waals surface area contributed by atoms with Crippen LogP contribution < -0.4 is 5.32 Å². The van der Waals surface area contributed by atoms with Crippen molar-refractivity contribution in [1.29, 1.82) is 0 Å². The molecule has 0 spiro atoms. The first-order valence-corrected chi connectivity index (χ1v) is 6.00. The number of piperidine rings is 1. The third kappa shape index (κ3) is 2.53. The summed E-state index contributed by atoms with van der Waals surface area (Å²) in [5.74, 6) is 0. The molecule has 4 heteroatoms. The van der Waals surface area contributed by atoms with Gasteiger partial charge in [0.15, 0.2) is 0 Å². The van der Waals surface area contributed by atoms with Gasteiger partial charge < -0.3 is 10.1 Å². The van der Waals surface area contributed by atoms with Gasteiger partial charge in [0.25, 0.3) is 0 Å². The van der Waals surface area contributed by atoms with Gasteiger partial charge >= 0.3 is 0 Å². The Kier molecular flexibility index (Phi) is 3.50. The second-order valence-corrected chi connectivity index (χ2v) is 4.54. The van der Waals surface area contributed by atoms with E-state index in [4.69, 9.17) is 4.74 Å². The summed E-state index contributed by atoms with van der Waals surface area (Å²) >= 11 is 1.66. The van der Waals surface area contributed by atoms with Crippen molar-refractivity contribution in [2.75, 3.05) is 13.1 Å². The highest BCUT2D eigenvalue weighted by atomic mass is 32.1. The van der Waals surface area contributed by atoms with E-state index in [0.717, 1.165) is 18.1 Å². The van der Waals surface area contributed by atoms with Crippen molar-refractivity contribution in [1.82, 2.24) is 10.3 Å². The lowest BCUT2D eigenvalue weighted by Gasteiger charge is -2.25. The lowest BCUT2D eigenvalue weighted by Crippen LogP contribution is -2.35. The summed E-state index contributed by atoms with van der Waals surface area (Å²) in [5, 5.41) is 6.42. The molecule has 0 aliphatic carbocycles. The van der Waals surface area contributed by atoms with E-state index in [1.807, 2.05) is 11.6 Å². The van der Waals surface area contributed by atoms with Crippen LogP contribution in [0.4, 0.5) is 0 Å². The molecule has 0 amide bonds. The Hall–Kier alpha value is -0.450. The second kappa shape index (κ2) is 4.87. The van der Waals surface area contributed by atoms with Crippen molar-refractivity contribution >= 4 is 11.3 Å². The first-order valence-electron chi connectivity index (χ1n) is 5.12. The number of aromatic nitrogens is 1. The number of rotatable bonds is 3. The zero-order valence-corrected chi connectivity index (χ0v) is 9.22. The van der Waals surface area contributed by atoms with Gasteiger partial charge in [0.2, 0.25) is 0 Å². The Morgan fingerprint density at radius 3 is 3.29 bits per heavy atom. The Bertz CT molecular complexity index is 257. The van der Waals surface area contributed by atoms with Crippen LogP contribution in [0.25, 0.3) is 0 Å². The maximum atomic E-state index is 5.92. The minimum Gasteiger partial charge on any atom is -0.367 e. The van der Waals surface area contributed by atoms with Gasteiger partial charge in [-0.3, -0.25) is 0 Å². The van der Waals surface area contributed by atoms with Gasteiger partial charge in [-0.25, -0.2) is 4.98 Å². The zero-order valence-electron chi connectivity index (χ0n) is 8.40. The molecular formula is C10H16N2OS. The van der Waals surface area contributed by atoms with E-state index in [0.29, 0.717) is 6.10 Å².